The Labute approximate surface area is 526 Å². The molecule has 7 heterocycles. The number of hydrogen-bond donors (Lipinski definition) is 7. The van der Waals surface area contributed by atoms with E-state index in [-0.39, 0.29) is 81.3 Å². The number of esters is 2. The van der Waals surface area contributed by atoms with Crippen molar-refractivity contribution < 1.29 is 72.4 Å². The van der Waals surface area contributed by atoms with Crippen molar-refractivity contribution >= 4 is 63.9 Å². The van der Waals surface area contributed by atoms with E-state index in [0.29, 0.717) is 31.1 Å². The number of nitrogens with two attached hydrogens (primary N) is 1. The molecule has 0 spiro atoms. The first kappa shape index (κ1) is 68.3. The number of piperidine rings is 1. The molecule has 1 amide bonds. The first-order chi connectivity index (χ1) is 42.8. The van der Waals surface area contributed by atoms with Gasteiger partial charge >= 0.3 is 23.4 Å². The van der Waals surface area contributed by atoms with E-state index in [1.54, 1.807) is 30.0 Å². The number of ketones is 1. The van der Waals surface area contributed by atoms with Gasteiger partial charge in [0.15, 0.2) is 17.4 Å². The Morgan fingerprint density at radius 2 is 1.69 bits per heavy atom. The van der Waals surface area contributed by atoms with Crippen LogP contribution in [0, 0.1) is 42.3 Å². The molecule has 5 bridgehead atoms. The number of phenols is 3. The summed E-state index contributed by atoms with van der Waals surface area (Å²) in [6.07, 6.45) is 15.0. The number of rotatable bonds is 18. The van der Waals surface area contributed by atoms with E-state index in [9.17, 15) is 48.8 Å². The Morgan fingerprint density at radius 3 is 2.41 bits per heavy atom. The number of aliphatic hydroxyl groups is 1. The van der Waals surface area contributed by atoms with Gasteiger partial charge in [-0.15, -0.1) is 16.9 Å². The van der Waals surface area contributed by atoms with Crippen molar-refractivity contribution in [2.24, 2.45) is 34.7 Å². The number of allylic oxidation sites excluding steroid dienone is 3. The van der Waals surface area contributed by atoms with Crippen LogP contribution in [0.4, 0.5) is 15.9 Å². The maximum Gasteiger partial charge on any atom is 0.351 e. The lowest BCUT2D eigenvalue weighted by Crippen LogP contribution is -2.45. The van der Waals surface area contributed by atoms with Crippen molar-refractivity contribution in [1.82, 2.24) is 34.9 Å². The van der Waals surface area contributed by atoms with E-state index in [4.69, 9.17) is 39.3 Å². The average molecular weight is 1270 g/mol. The number of aryl methyl sites for hydroxylation is 1. The molecular weight excluding hydrogens is 1190 g/mol. The second kappa shape index (κ2) is 30.0. The van der Waals surface area contributed by atoms with Crippen molar-refractivity contribution in [3.63, 3.8) is 0 Å². The van der Waals surface area contributed by atoms with Gasteiger partial charge in [-0.3, -0.25) is 33.4 Å². The number of ether oxygens (including phenoxy) is 6. The van der Waals surface area contributed by atoms with Crippen LogP contribution < -0.4 is 26.8 Å². The van der Waals surface area contributed by atoms with Crippen LogP contribution in [0.1, 0.15) is 134 Å². The molecule has 9 rings (SSSR count). The number of hydrogen-bond acceptors (Lipinski definition) is 23. The molecule has 2 unspecified atom stereocenters. The number of aromatic hydroxyl groups is 3. The largest absolute Gasteiger partial charge is 0.507 e. The third-order valence-corrected chi connectivity index (χ3v) is 18.8. The van der Waals surface area contributed by atoms with Crippen molar-refractivity contribution in [3.05, 3.63) is 87.2 Å². The molecule has 27 heteroatoms. The van der Waals surface area contributed by atoms with Gasteiger partial charge in [-0.1, -0.05) is 77.3 Å². The number of halogens is 1. The van der Waals surface area contributed by atoms with Gasteiger partial charge in [-0.25, -0.2) is 9.18 Å². The number of anilines is 2. The zero-order valence-electron chi connectivity index (χ0n) is 52.6. The fourth-order valence-electron chi connectivity index (χ4n) is 11.8. The highest BCUT2D eigenvalue weighted by Gasteiger charge is 2.50. The summed E-state index contributed by atoms with van der Waals surface area (Å²) in [5, 5.41) is 68.9. The Bertz CT molecular complexity index is 3460. The third kappa shape index (κ3) is 15.8. The van der Waals surface area contributed by atoms with Crippen molar-refractivity contribution in [2.45, 2.75) is 162 Å². The molecule has 0 aliphatic carbocycles. The highest BCUT2D eigenvalue weighted by atomic mass is 32.2. The van der Waals surface area contributed by atoms with Gasteiger partial charge in [0.05, 0.1) is 65.2 Å². The van der Waals surface area contributed by atoms with Gasteiger partial charge in [-0.2, -0.15) is 10.1 Å². The molecule has 2 aromatic heterocycles. The first-order valence-corrected chi connectivity index (χ1v) is 31.6. The number of thioether (sulfide) groups is 1. The molecule has 11 atom stereocenters. The number of methoxy groups -OCH3 is 1. The van der Waals surface area contributed by atoms with Crippen LogP contribution in [-0.4, -0.2) is 155 Å². The normalized spacial score (nSPS) is 27.6. The van der Waals surface area contributed by atoms with Gasteiger partial charge in [-0.05, 0) is 69.9 Å². The molecule has 490 valence electrons. The summed E-state index contributed by atoms with van der Waals surface area (Å²) in [6, 6.07) is 0.223. The minimum Gasteiger partial charge on any atom is -0.507 e. The number of Topliss-reactive ketones (excluding diaryl/α,β-unsaturated/α-hetero) is 1. The Kier molecular flexibility index (Phi) is 22.8. The molecule has 2 aromatic carbocycles. The van der Waals surface area contributed by atoms with E-state index in [1.165, 1.54) is 58.2 Å². The van der Waals surface area contributed by atoms with Crippen LogP contribution in [0.25, 0.3) is 10.8 Å². The van der Waals surface area contributed by atoms with Crippen LogP contribution in [-0.2, 0) is 51.0 Å². The average Bonchev–Trinajstić information content (AvgIpc) is 1.45. The van der Waals surface area contributed by atoms with Gasteiger partial charge in [0, 0.05) is 86.9 Å². The quantitative estimate of drug-likeness (QED) is 0.0169. The monoisotopic (exact) mass is 1270 g/mol. The fraction of sp³-hybridized carbons (Fsp3) is 0.571. The lowest BCUT2D eigenvalue weighted by molar-refractivity contribution is -0.160. The third-order valence-electron chi connectivity index (χ3n) is 17.7. The molecule has 90 heavy (non-hydrogen) atoms. The molecule has 2 fully saturated rings. The summed E-state index contributed by atoms with van der Waals surface area (Å²) in [6.45, 7) is 17.8. The number of nitrogen functional groups attached to an aromatic ring is 1. The lowest BCUT2D eigenvalue weighted by Gasteiger charge is -2.38. The Balaban J connectivity index is 0.875. The number of carbonyl (C=O) groups excluding carboxylic acids is 4. The Morgan fingerprint density at radius 1 is 0.967 bits per heavy atom. The van der Waals surface area contributed by atoms with Crippen LogP contribution >= 0.6 is 11.8 Å². The fourth-order valence-corrected chi connectivity index (χ4v) is 12.8. The van der Waals surface area contributed by atoms with Crippen LogP contribution in [0.2, 0.25) is 0 Å². The summed E-state index contributed by atoms with van der Waals surface area (Å²) in [5.74, 6) is -8.90. The summed E-state index contributed by atoms with van der Waals surface area (Å²) >= 11 is 1.32. The van der Waals surface area contributed by atoms with E-state index >= 15 is 0 Å². The molecule has 5 aliphatic rings. The second-order valence-corrected chi connectivity index (χ2v) is 25.2. The number of hydrazone groups is 1. The molecule has 2 saturated heterocycles. The van der Waals surface area contributed by atoms with Crippen molar-refractivity contribution in [3.8, 4) is 23.0 Å². The van der Waals surface area contributed by atoms with E-state index in [0.717, 1.165) is 62.3 Å². The van der Waals surface area contributed by atoms with Crippen molar-refractivity contribution in [1.29, 1.82) is 0 Å². The zero-order valence-corrected chi connectivity index (χ0v) is 53.5. The SMILES string of the molecule is CO[C@H]1/C=C/O[C@@]2(C)Oc3c(C)c(O)c4c(O)c(c(/C=N/N5CCC(NCCCCCCCn6cc(CC(=O)OCC7OC(n8cc(F)c(N)nc8=O)CS7)nn6)CC5)c(O)c4c3C2=O)NC(=O)/C(C)=C\C=C\[C@H](C)[C@H](C)[C@@H](C)[C@@H](O)[C@@H](C)[C@H](OC(C)=O)[C@@H]1C. The number of nitrogens with zero attached hydrogens (tertiary/aromatic N) is 7. The summed E-state index contributed by atoms with van der Waals surface area (Å²) in [5.41, 5.74) is 4.24. The van der Waals surface area contributed by atoms with Crippen LogP contribution in [0.3, 0.4) is 0 Å². The predicted molar refractivity (Wildman–Crippen MR) is 334 cm³/mol. The number of aromatic nitrogens is 5. The maximum absolute atomic E-state index is 14.7. The molecule has 4 aromatic rings. The lowest BCUT2D eigenvalue weighted by atomic mass is 9.75. The number of aliphatic hydroxyl groups excluding tert-OH is 1. The van der Waals surface area contributed by atoms with E-state index in [2.05, 4.69) is 25.9 Å². The number of phenolic OH excluding ortho intramolecular Hbond substituents is 3. The van der Waals surface area contributed by atoms with Crippen molar-refractivity contribution in [2.75, 3.05) is 50.2 Å². The van der Waals surface area contributed by atoms with Gasteiger partial charge in [0.1, 0.15) is 41.6 Å². The van der Waals surface area contributed by atoms with E-state index in [1.807, 2.05) is 45.7 Å². The highest BCUT2D eigenvalue weighted by Crippen LogP contribution is 2.55. The number of amides is 1. The van der Waals surface area contributed by atoms with Crippen LogP contribution in [0.5, 0.6) is 23.0 Å². The van der Waals surface area contributed by atoms with Crippen LogP contribution in [0.15, 0.2) is 58.4 Å². The number of fused-ring (bicyclic) bond motifs is 14. The summed E-state index contributed by atoms with van der Waals surface area (Å²) < 4.78 is 51.8. The Hall–Kier alpha value is -7.59. The number of unbranched alkanes of at least 4 members (excludes halogenated alkanes) is 4. The van der Waals surface area contributed by atoms with E-state index < -0.39 is 106 Å². The van der Waals surface area contributed by atoms with Gasteiger partial charge in [0.2, 0.25) is 0 Å². The smallest absolute Gasteiger partial charge is 0.351 e. The number of nitrogens with one attached hydrogen (secondary N) is 2. The minimum absolute atomic E-state index is 0.0499. The summed E-state index contributed by atoms with van der Waals surface area (Å²) in [7, 11) is 1.47. The topological polar surface area (TPSA) is 336 Å². The molecule has 25 nitrogen and oxygen atoms in total. The predicted octanol–water partition coefficient (Wildman–Crippen LogP) is 7.31. The molecule has 8 N–H and O–H groups in total. The van der Waals surface area contributed by atoms with Gasteiger partial charge in [0.25, 0.3) is 11.7 Å². The second-order valence-electron chi connectivity index (χ2n) is 24.0. The molecule has 5 aliphatic heterocycles. The standard InChI is InChI=1S/C63H85FN10O15S/c1-33-17-16-18-34(2)61(82)68-52-43(55(79)49-50(56(52)80)54(78)39(7)58-51(49)59(81)63(9,89-58)86-26-21-45(84-10)37(5)57(87-40(8)75)38(6)53(77)36(4)35(33)3)28-67-72-24-19-41(20-25-72)66-22-14-12-11-13-15-23-73-29-42(70-71-73)27-47(76)85-31-48-88-46(32-90-48)74-30-44(64)60(65)69-62(74)83/h16-18,21,26,28-30,33,35-38,41,45-46,48,53,57,66,77-80H,11-15,19-20,22-25,27,31-32H2,1-10H3,(H,68,82)(H2,65,69,83)/b17-16+,26-21+,34-18-,67-28+/t33-,35-,36+,37+,38+,45-,46?,48?,53+,57+,63-/m0/s1. The highest BCUT2D eigenvalue weighted by molar-refractivity contribution is 8.00. The zero-order chi connectivity index (χ0) is 65.3. The molecule has 0 radical (unpaired) electrons. The molecular formula is C63H85FN10O15S. The first-order valence-electron chi connectivity index (χ1n) is 30.6. The number of benzene rings is 2. The summed E-state index contributed by atoms with van der Waals surface area (Å²) in [4.78, 5) is 69.5. The number of carbonyl (C=O) groups is 4. The minimum atomic E-state index is -2.07. The van der Waals surface area contributed by atoms with Gasteiger partial charge < -0.3 is 65.2 Å². The molecule has 0 saturated carbocycles. The maximum atomic E-state index is 14.7.